The lowest BCUT2D eigenvalue weighted by molar-refractivity contribution is 0.261. The smallest absolute Gasteiger partial charge is 0.155 e. The van der Waals surface area contributed by atoms with Gasteiger partial charge in [-0.05, 0) is 57.4 Å². The van der Waals surface area contributed by atoms with E-state index in [4.69, 9.17) is 4.74 Å². The van der Waals surface area contributed by atoms with Crippen LogP contribution in [0, 0.1) is 6.92 Å². The lowest BCUT2D eigenvalue weighted by Gasteiger charge is -2.11. The number of thiophene rings is 1. The molecule has 180 valence electrons. The first-order chi connectivity index (χ1) is 17.5. The zero-order valence-corrected chi connectivity index (χ0v) is 21.1. The normalized spacial score (nSPS) is 11.7. The Labute approximate surface area is 212 Å². The number of nitrogens with zero attached hydrogens (tertiary/aromatic N) is 5. The number of H-pyrrole nitrogens is 2. The summed E-state index contributed by atoms with van der Waals surface area (Å²) in [5.74, 6) is 0.736. The SMILES string of the molecule is Cc1ccc(-c2ccnc3[nH]c(-c4n[nH]c5ncc(-c6cncc(OCCN(C)C)c6)cc45)cc23)s1. The number of rotatable bonds is 7. The first kappa shape index (κ1) is 22.4. The molecule has 0 aliphatic carbocycles. The van der Waals surface area contributed by atoms with Gasteiger partial charge in [0.2, 0.25) is 0 Å². The van der Waals surface area contributed by atoms with Crippen molar-refractivity contribution in [3.8, 4) is 38.7 Å². The van der Waals surface area contributed by atoms with Gasteiger partial charge in [-0.1, -0.05) is 0 Å². The third kappa shape index (κ3) is 4.23. The number of fused-ring (bicyclic) bond motifs is 2. The fourth-order valence-corrected chi connectivity index (χ4v) is 5.12. The Balaban J connectivity index is 1.37. The van der Waals surface area contributed by atoms with Gasteiger partial charge in [0.05, 0.1) is 11.9 Å². The molecule has 9 heteroatoms. The van der Waals surface area contributed by atoms with E-state index in [-0.39, 0.29) is 0 Å². The van der Waals surface area contributed by atoms with Crippen LogP contribution in [0.25, 0.3) is 55.0 Å². The highest BCUT2D eigenvalue weighted by atomic mass is 32.1. The van der Waals surface area contributed by atoms with Crippen LogP contribution in [-0.4, -0.2) is 62.3 Å². The molecule has 0 aromatic carbocycles. The number of nitrogens with one attached hydrogen (secondary N) is 2. The second kappa shape index (κ2) is 9.18. The number of aryl methyl sites for hydroxylation is 1. The fraction of sp³-hybridized carbons (Fsp3) is 0.185. The minimum atomic E-state index is 0.600. The van der Waals surface area contributed by atoms with Crippen LogP contribution in [0.4, 0.5) is 0 Å². The lowest BCUT2D eigenvalue weighted by atomic mass is 10.1. The van der Waals surface area contributed by atoms with Crippen molar-refractivity contribution in [3.05, 3.63) is 66.1 Å². The van der Waals surface area contributed by atoms with Gasteiger partial charge in [0, 0.05) is 62.4 Å². The summed E-state index contributed by atoms with van der Waals surface area (Å²) in [4.78, 5) is 21.6. The standard InChI is InChI=1S/C27H25N7OS/c1-16-4-5-24(36-16)20-6-7-29-26-21(20)12-23(31-26)25-22-11-18(14-30-27(22)33-32-25)17-10-19(15-28-13-17)35-9-8-34(2)3/h4-7,10-15H,8-9H2,1-3H3,(H,29,31)(H,30,32,33). The van der Waals surface area contributed by atoms with Crippen molar-refractivity contribution in [3.63, 3.8) is 0 Å². The summed E-state index contributed by atoms with van der Waals surface area (Å²) in [6.45, 7) is 3.56. The van der Waals surface area contributed by atoms with Crippen LogP contribution in [0.3, 0.4) is 0 Å². The minimum Gasteiger partial charge on any atom is -0.491 e. The highest BCUT2D eigenvalue weighted by molar-refractivity contribution is 7.15. The van der Waals surface area contributed by atoms with Crippen molar-refractivity contribution < 1.29 is 4.74 Å². The molecule has 0 spiro atoms. The van der Waals surface area contributed by atoms with E-state index < -0.39 is 0 Å². The quantitative estimate of drug-likeness (QED) is 0.302. The van der Waals surface area contributed by atoms with Crippen LogP contribution in [-0.2, 0) is 0 Å². The van der Waals surface area contributed by atoms with Gasteiger partial charge in [0.15, 0.2) is 5.65 Å². The monoisotopic (exact) mass is 495 g/mol. The number of pyridine rings is 3. The number of ether oxygens (including phenoxy) is 1. The van der Waals surface area contributed by atoms with Crippen molar-refractivity contribution in [2.75, 3.05) is 27.2 Å². The average Bonchev–Trinajstić information content (AvgIpc) is 3.61. The van der Waals surface area contributed by atoms with Crippen LogP contribution >= 0.6 is 11.3 Å². The van der Waals surface area contributed by atoms with Gasteiger partial charge in [0.1, 0.15) is 23.7 Å². The van der Waals surface area contributed by atoms with Gasteiger partial charge < -0.3 is 14.6 Å². The lowest BCUT2D eigenvalue weighted by Crippen LogP contribution is -2.19. The van der Waals surface area contributed by atoms with Crippen LogP contribution in [0.15, 0.2) is 61.2 Å². The van der Waals surface area contributed by atoms with Gasteiger partial charge in [-0.3, -0.25) is 10.1 Å². The fourth-order valence-electron chi connectivity index (χ4n) is 4.22. The van der Waals surface area contributed by atoms with Gasteiger partial charge in [-0.25, -0.2) is 9.97 Å². The third-order valence-corrected chi connectivity index (χ3v) is 7.10. The zero-order chi connectivity index (χ0) is 24.6. The summed E-state index contributed by atoms with van der Waals surface area (Å²) in [7, 11) is 4.04. The predicted molar refractivity (Wildman–Crippen MR) is 144 cm³/mol. The van der Waals surface area contributed by atoms with E-state index >= 15 is 0 Å². The van der Waals surface area contributed by atoms with Gasteiger partial charge >= 0.3 is 0 Å². The molecule has 0 atom stereocenters. The Kier molecular flexibility index (Phi) is 5.71. The second-order valence-corrected chi connectivity index (χ2v) is 10.3. The number of likely N-dealkylation sites (N-methyl/N-ethyl adjacent to an activating group) is 1. The summed E-state index contributed by atoms with van der Waals surface area (Å²) in [5, 5.41) is 9.65. The number of aromatic amines is 2. The van der Waals surface area contributed by atoms with E-state index in [9.17, 15) is 0 Å². The molecule has 8 nitrogen and oxygen atoms in total. The summed E-state index contributed by atoms with van der Waals surface area (Å²) < 4.78 is 5.87. The number of hydrogen-bond donors (Lipinski definition) is 2. The Morgan fingerprint density at radius 3 is 2.67 bits per heavy atom. The Bertz CT molecular complexity index is 1680. The Morgan fingerprint density at radius 1 is 0.944 bits per heavy atom. The van der Waals surface area contributed by atoms with E-state index in [0.717, 1.165) is 62.4 Å². The predicted octanol–water partition coefficient (Wildman–Crippen LogP) is 5.54. The molecule has 6 rings (SSSR count). The maximum Gasteiger partial charge on any atom is 0.155 e. The number of hydrogen-bond acceptors (Lipinski definition) is 7. The molecule has 6 heterocycles. The third-order valence-electron chi connectivity index (χ3n) is 6.06. The topological polar surface area (TPSA) is 95.6 Å². The van der Waals surface area contributed by atoms with Crippen molar-refractivity contribution in [2.45, 2.75) is 6.92 Å². The van der Waals surface area contributed by atoms with Crippen molar-refractivity contribution in [1.29, 1.82) is 0 Å². The summed E-state index contributed by atoms with van der Waals surface area (Å²) in [6.07, 6.45) is 7.23. The summed E-state index contributed by atoms with van der Waals surface area (Å²) in [5.41, 5.74) is 6.30. The molecule has 0 radical (unpaired) electrons. The molecule has 0 aliphatic rings. The van der Waals surface area contributed by atoms with Crippen LogP contribution in [0.5, 0.6) is 5.75 Å². The summed E-state index contributed by atoms with van der Waals surface area (Å²) in [6, 6.07) is 12.6. The molecule has 0 bridgehead atoms. The van der Waals surface area contributed by atoms with E-state index in [2.05, 4.69) is 72.3 Å². The van der Waals surface area contributed by atoms with Crippen molar-refractivity contribution in [2.24, 2.45) is 0 Å². The molecule has 36 heavy (non-hydrogen) atoms. The van der Waals surface area contributed by atoms with E-state index in [1.807, 2.05) is 38.8 Å². The van der Waals surface area contributed by atoms with E-state index in [1.54, 1.807) is 17.5 Å². The van der Waals surface area contributed by atoms with Crippen LogP contribution in [0.2, 0.25) is 0 Å². The van der Waals surface area contributed by atoms with Gasteiger partial charge in [-0.2, -0.15) is 5.10 Å². The maximum absolute atomic E-state index is 5.87. The van der Waals surface area contributed by atoms with Crippen LogP contribution < -0.4 is 4.74 Å². The molecule has 0 saturated carbocycles. The maximum atomic E-state index is 5.87. The largest absolute Gasteiger partial charge is 0.491 e. The molecule has 0 aliphatic heterocycles. The Morgan fingerprint density at radius 2 is 1.83 bits per heavy atom. The Hall–Kier alpha value is -4.08. The first-order valence-corrected chi connectivity index (χ1v) is 12.5. The van der Waals surface area contributed by atoms with Crippen molar-refractivity contribution >= 4 is 33.4 Å². The minimum absolute atomic E-state index is 0.600. The van der Waals surface area contributed by atoms with Gasteiger partial charge in [-0.15, -0.1) is 11.3 Å². The summed E-state index contributed by atoms with van der Waals surface area (Å²) >= 11 is 1.78. The molecule has 0 amide bonds. The second-order valence-electron chi connectivity index (χ2n) is 8.97. The highest BCUT2D eigenvalue weighted by Crippen LogP contribution is 2.36. The molecule has 0 fully saturated rings. The number of aromatic nitrogens is 6. The van der Waals surface area contributed by atoms with Gasteiger partial charge in [0.25, 0.3) is 0 Å². The zero-order valence-electron chi connectivity index (χ0n) is 20.2. The molecule has 6 aromatic rings. The van der Waals surface area contributed by atoms with E-state index in [1.165, 1.54) is 9.75 Å². The molecule has 0 saturated heterocycles. The van der Waals surface area contributed by atoms with E-state index in [0.29, 0.717) is 6.61 Å². The van der Waals surface area contributed by atoms with Crippen molar-refractivity contribution in [1.82, 2.24) is 35.0 Å². The molecular formula is C27H25N7OS. The van der Waals surface area contributed by atoms with Crippen LogP contribution in [0.1, 0.15) is 4.88 Å². The molecule has 0 unspecified atom stereocenters. The molecular weight excluding hydrogens is 470 g/mol. The molecule has 6 aromatic heterocycles. The first-order valence-electron chi connectivity index (χ1n) is 11.7. The molecule has 2 N–H and O–H groups in total. The highest BCUT2D eigenvalue weighted by Gasteiger charge is 2.16. The average molecular weight is 496 g/mol.